The molecule has 1 aromatic carbocycles. The first-order valence-electron chi connectivity index (χ1n) is 5.34. The molecule has 88 valence electrons. The van der Waals surface area contributed by atoms with E-state index >= 15 is 0 Å². The minimum Gasteiger partial charge on any atom is -0.326 e. The van der Waals surface area contributed by atoms with E-state index in [0.717, 1.165) is 28.7 Å². The summed E-state index contributed by atoms with van der Waals surface area (Å²) < 4.78 is 1.01. The Morgan fingerprint density at radius 2 is 2.19 bits per heavy atom. The fraction of sp³-hybridized carbons (Fsp3) is 0.417. The maximum atomic E-state index is 11.5. The van der Waals surface area contributed by atoms with E-state index < -0.39 is 0 Å². The number of carbonyl (C=O) groups excluding carboxylic acids is 1. The lowest BCUT2D eigenvalue weighted by Gasteiger charge is -2.06. The van der Waals surface area contributed by atoms with E-state index in [1.165, 1.54) is 0 Å². The molecule has 0 aliphatic carbocycles. The van der Waals surface area contributed by atoms with Crippen LogP contribution in [0.4, 0.5) is 5.69 Å². The fourth-order valence-electron chi connectivity index (χ4n) is 1.32. The van der Waals surface area contributed by atoms with Crippen LogP contribution in [0.1, 0.15) is 18.4 Å². The highest BCUT2D eigenvalue weighted by atomic mass is 79.9. The molecule has 4 heteroatoms. The summed E-state index contributed by atoms with van der Waals surface area (Å²) in [7, 11) is 1.88. The van der Waals surface area contributed by atoms with Gasteiger partial charge in [0.1, 0.15) is 0 Å². The van der Waals surface area contributed by atoms with Crippen LogP contribution in [0, 0.1) is 6.92 Å². The first-order chi connectivity index (χ1) is 7.63. The number of nitrogens with one attached hydrogen (secondary N) is 2. The van der Waals surface area contributed by atoms with Gasteiger partial charge in [-0.05, 0) is 44.6 Å². The van der Waals surface area contributed by atoms with Crippen LogP contribution in [0.2, 0.25) is 0 Å². The van der Waals surface area contributed by atoms with Gasteiger partial charge in [0.25, 0.3) is 0 Å². The second-order valence-corrected chi connectivity index (χ2v) is 4.57. The highest BCUT2D eigenvalue weighted by Crippen LogP contribution is 2.20. The lowest BCUT2D eigenvalue weighted by Crippen LogP contribution is -2.15. The van der Waals surface area contributed by atoms with E-state index in [1.54, 1.807) is 0 Å². The van der Waals surface area contributed by atoms with Gasteiger partial charge in [0.05, 0.1) is 0 Å². The number of hydrogen-bond acceptors (Lipinski definition) is 2. The minimum absolute atomic E-state index is 0.0611. The highest BCUT2D eigenvalue weighted by molar-refractivity contribution is 9.10. The summed E-state index contributed by atoms with van der Waals surface area (Å²) in [5.74, 6) is 0.0611. The second-order valence-electron chi connectivity index (χ2n) is 3.72. The van der Waals surface area contributed by atoms with Gasteiger partial charge in [0.2, 0.25) is 5.91 Å². The molecule has 0 radical (unpaired) electrons. The van der Waals surface area contributed by atoms with Crippen molar-refractivity contribution in [3.8, 4) is 0 Å². The van der Waals surface area contributed by atoms with Crippen molar-refractivity contribution >= 4 is 27.5 Å². The van der Waals surface area contributed by atoms with Gasteiger partial charge in [-0.3, -0.25) is 4.79 Å². The summed E-state index contributed by atoms with van der Waals surface area (Å²) in [5, 5.41) is 5.89. The smallest absolute Gasteiger partial charge is 0.224 e. The number of halogens is 1. The normalized spacial score (nSPS) is 10.2. The molecule has 0 saturated carbocycles. The Morgan fingerprint density at radius 1 is 1.44 bits per heavy atom. The number of carbonyl (C=O) groups is 1. The van der Waals surface area contributed by atoms with Crippen molar-refractivity contribution in [1.82, 2.24) is 5.32 Å². The third kappa shape index (κ3) is 4.33. The van der Waals surface area contributed by atoms with Crippen molar-refractivity contribution in [1.29, 1.82) is 0 Å². The molecular formula is C12H17BrN2O. The molecule has 0 aliphatic rings. The van der Waals surface area contributed by atoms with Gasteiger partial charge in [-0.1, -0.05) is 22.0 Å². The van der Waals surface area contributed by atoms with Crippen LogP contribution in [0.25, 0.3) is 0 Å². The van der Waals surface area contributed by atoms with Gasteiger partial charge in [-0.15, -0.1) is 0 Å². The first kappa shape index (κ1) is 13.2. The zero-order chi connectivity index (χ0) is 12.0. The van der Waals surface area contributed by atoms with Crippen molar-refractivity contribution in [3.63, 3.8) is 0 Å². The number of rotatable bonds is 5. The van der Waals surface area contributed by atoms with Crippen LogP contribution in [-0.4, -0.2) is 19.5 Å². The Hall–Kier alpha value is -0.870. The van der Waals surface area contributed by atoms with E-state index in [0.29, 0.717) is 6.42 Å². The molecule has 0 atom stereocenters. The van der Waals surface area contributed by atoms with Gasteiger partial charge in [-0.2, -0.15) is 0 Å². The highest BCUT2D eigenvalue weighted by Gasteiger charge is 2.03. The number of anilines is 1. The number of amides is 1. The van der Waals surface area contributed by atoms with Crippen LogP contribution in [0.15, 0.2) is 22.7 Å². The van der Waals surface area contributed by atoms with Gasteiger partial charge in [0, 0.05) is 16.6 Å². The quantitative estimate of drug-likeness (QED) is 0.817. The van der Waals surface area contributed by atoms with E-state index in [-0.39, 0.29) is 5.91 Å². The Kier molecular flexibility index (Phi) is 5.49. The van der Waals surface area contributed by atoms with E-state index in [1.807, 2.05) is 32.2 Å². The maximum Gasteiger partial charge on any atom is 0.224 e. The van der Waals surface area contributed by atoms with E-state index in [4.69, 9.17) is 0 Å². The molecule has 0 fully saturated rings. The third-order valence-corrected chi connectivity index (χ3v) is 3.14. The van der Waals surface area contributed by atoms with Crippen LogP contribution >= 0.6 is 15.9 Å². The minimum atomic E-state index is 0.0611. The van der Waals surface area contributed by atoms with Crippen molar-refractivity contribution in [2.75, 3.05) is 18.9 Å². The first-order valence-corrected chi connectivity index (χ1v) is 6.13. The zero-order valence-corrected chi connectivity index (χ0v) is 11.2. The molecule has 0 unspecified atom stereocenters. The summed E-state index contributed by atoms with van der Waals surface area (Å²) in [4.78, 5) is 11.5. The van der Waals surface area contributed by atoms with Crippen molar-refractivity contribution in [2.45, 2.75) is 19.8 Å². The van der Waals surface area contributed by atoms with Crippen molar-refractivity contribution in [3.05, 3.63) is 28.2 Å². The van der Waals surface area contributed by atoms with Crippen LogP contribution in [0.3, 0.4) is 0 Å². The molecule has 0 saturated heterocycles. The lowest BCUT2D eigenvalue weighted by atomic mass is 10.2. The molecule has 16 heavy (non-hydrogen) atoms. The summed E-state index contributed by atoms with van der Waals surface area (Å²) in [6.07, 6.45) is 1.40. The summed E-state index contributed by atoms with van der Waals surface area (Å²) in [6.45, 7) is 2.88. The Labute approximate surface area is 105 Å². The predicted octanol–water partition coefficient (Wildman–Crippen LogP) is 2.70. The Balaban J connectivity index is 2.46. The predicted molar refractivity (Wildman–Crippen MR) is 70.7 cm³/mol. The van der Waals surface area contributed by atoms with Crippen molar-refractivity contribution in [2.24, 2.45) is 0 Å². The van der Waals surface area contributed by atoms with Gasteiger partial charge < -0.3 is 10.6 Å². The average molecular weight is 285 g/mol. The number of hydrogen-bond donors (Lipinski definition) is 2. The molecule has 0 spiro atoms. The Morgan fingerprint density at radius 3 is 2.81 bits per heavy atom. The standard InChI is InChI=1S/C12H17BrN2O/c1-9-5-6-10(8-11(9)13)15-12(16)4-3-7-14-2/h5-6,8,14H,3-4,7H2,1-2H3,(H,15,16). The van der Waals surface area contributed by atoms with Crippen LogP contribution in [0.5, 0.6) is 0 Å². The molecule has 0 bridgehead atoms. The monoisotopic (exact) mass is 284 g/mol. The third-order valence-electron chi connectivity index (χ3n) is 2.29. The van der Waals surface area contributed by atoms with Crippen LogP contribution in [-0.2, 0) is 4.79 Å². The average Bonchev–Trinajstić information content (AvgIpc) is 2.24. The molecule has 2 N–H and O–H groups in total. The van der Waals surface area contributed by atoms with Gasteiger partial charge in [0.15, 0.2) is 0 Å². The SMILES string of the molecule is CNCCCC(=O)Nc1ccc(C)c(Br)c1. The lowest BCUT2D eigenvalue weighted by molar-refractivity contribution is -0.116. The largest absolute Gasteiger partial charge is 0.326 e. The number of benzene rings is 1. The molecule has 0 aromatic heterocycles. The molecule has 1 aromatic rings. The molecular weight excluding hydrogens is 268 g/mol. The number of aryl methyl sites for hydroxylation is 1. The van der Waals surface area contributed by atoms with Gasteiger partial charge in [-0.25, -0.2) is 0 Å². The molecule has 1 rings (SSSR count). The fourth-order valence-corrected chi connectivity index (χ4v) is 1.70. The van der Waals surface area contributed by atoms with E-state index in [9.17, 15) is 4.79 Å². The molecule has 1 amide bonds. The topological polar surface area (TPSA) is 41.1 Å². The maximum absolute atomic E-state index is 11.5. The van der Waals surface area contributed by atoms with E-state index in [2.05, 4.69) is 26.6 Å². The summed E-state index contributed by atoms with van der Waals surface area (Å²) in [5.41, 5.74) is 2.00. The molecule has 0 heterocycles. The zero-order valence-electron chi connectivity index (χ0n) is 9.64. The van der Waals surface area contributed by atoms with Gasteiger partial charge >= 0.3 is 0 Å². The summed E-state index contributed by atoms with van der Waals surface area (Å²) >= 11 is 3.44. The second kappa shape index (κ2) is 6.66. The summed E-state index contributed by atoms with van der Waals surface area (Å²) in [6, 6.07) is 5.81. The van der Waals surface area contributed by atoms with Crippen LogP contribution < -0.4 is 10.6 Å². The molecule has 0 aliphatic heterocycles. The van der Waals surface area contributed by atoms with Crippen molar-refractivity contribution < 1.29 is 4.79 Å². The Bertz CT molecular complexity index is 366. The molecule has 3 nitrogen and oxygen atoms in total.